The molecule has 1 saturated heterocycles. The highest BCUT2D eigenvalue weighted by atomic mass is 16.6. The van der Waals surface area contributed by atoms with Crippen molar-refractivity contribution in [1.29, 1.82) is 0 Å². The molecule has 0 radical (unpaired) electrons. The average molecular weight is 509 g/mol. The van der Waals surface area contributed by atoms with E-state index in [-0.39, 0.29) is 22.7 Å². The van der Waals surface area contributed by atoms with Gasteiger partial charge in [0.05, 0.1) is 37.9 Å². The summed E-state index contributed by atoms with van der Waals surface area (Å²) < 4.78 is 16.9. The van der Waals surface area contributed by atoms with Gasteiger partial charge in [0.15, 0.2) is 11.5 Å². The number of nitro benzene ring substituents is 1. The summed E-state index contributed by atoms with van der Waals surface area (Å²) in [4.78, 5) is 31.7. The number of aryl methyl sites for hydroxylation is 1. The first kappa shape index (κ1) is 24.9. The summed E-state index contributed by atoms with van der Waals surface area (Å²) in [5.74, 6) is 1.35. The summed E-state index contributed by atoms with van der Waals surface area (Å²) in [5, 5.41) is 12.2. The smallest absolute Gasteiger partial charge is 0.320 e. The number of non-ortho nitro benzene ring substituents is 1. The first-order valence-electron chi connectivity index (χ1n) is 12.7. The Morgan fingerprint density at radius 3 is 2.73 bits per heavy atom. The zero-order chi connectivity index (χ0) is 25.9. The molecule has 0 spiro atoms. The molecule has 2 aromatic carbocycles. The monoisotopic (exact) mass is 508 g/mol. The summed E-state index contributed by atoms with van der Waals surface area (Å²) in [6.07, 6.45) is 3.95. The van der Waals surface area contributed by atoms with Gasteiger partial charge in [-0.3, -0.25) is 10.1 Å². The van der Waals surface area contributed by atoms with Crippen molar-refractivity contribution in [1.82, 2.24) is 14.8 Å². The number of rotatable bonds is 7. The lowest BCUT2D eigenvalue weighted by atomic mass is 9.88. The molecule has 5 rings (SSSR count). The lowest BCUT2D eigenvalue weighted by Gasteiger charge is -2.41. The predicted molar refractivity (Wildman–Crippen MR) is 138 cm³/mol. The highest BCUT2D eigenvalue weighted by Gasteiger charge is 2.35. The number of nitrogens with zero attached hydrogens (tertiary/aromatic N) is 3. The Balaban J connectivity index is 1.49. The van der Waals surface area contributed by atoms with Gasteiger partial charge in [0.25, 0.3) is 5.69 Å². The Kier molecular flexibility index (Phi) is 7.18. The van der Waals surface area contributed by atoms with Gasteiger partial charge in [-0.1, -0.05) is 0 Å². The number of hydrogen-bond donors (Lipinski definition) is 1. The van der Waals surface area contributed by atoms with Crippen LogP contribution in [-0.2, 0) is 17.6 Å². The van der Waals surface area contributed by atoms with Crippen LogP contribution in [0.25, 0.3) is 10.9 Å². The lowest BCUT2D eigenvalue weighted by Crippen LogP contribution is -2.51. The molecule has 1 fully saturated rings. The zero-order valence-electron chi connectivity index (χ0n) is 21.2. The maximum Gasteiger partial charge on any atom is 0.320 e. The van der Waals surface area contributed by atoms with Gasteiger partial charge >= 0.3 is 6.03 Å². The number of hydrogen-bond acceptors (Lipinski definition) is 6. The number of nitro groups is 1. The minimum absolute atomic E-state index is 0.0160. The van der Waals surface area contributed by atoms with Gasteiger partial charge in [0.2, 0.25) is 0 Å². The van der Waals surface area contributed by atoms with Crippen LogP contribution < -0.4 is 9.47 Å². The van der Waals surface area contributed by atoms with Gasteiger partial charge in [0.1, 0.15) is 0 Å². The normalized spacial score (nSPS) is 17.5. The number of ether oxygens (including phenoxy) is 3. The molecule has 1 atom stereocenters. The van der Waals surface area contributed by atoms with Crippen LogP contribution in [0.4, 0.5) is 10.5 Å². The topological polar surface area (TPSA) is 110 Å². The molecule has 196 valence electrons. The second kappa shape index (κ2) is 10.7. The highest BCUT2D eigenvalue weighted by molar-refractivity contribution is 5.85. The van der Waals surface area contributed by atoms with E-state index in [2.05, 4.69) is 4.98 Å². The molecule has 10 heteroatoms. The van der Waals surface area contributed by atoms with Crippen LogP contribution in [0.1, 0.15) is 36.1 Å². The third-order valence-corrected chi connectivity index (χ3v) is 7.26. The van der Waals surface area contributed by atoms with Crippen LogP contribution in [0.3, 0.4) is 0 Å². The van der Waals surface area contributed by atoms with Crippen molar-refractivity contribution >= 4 is 22.6 Å². The molecule has 37 heavy (non-hydrogen) atoms. The number of H-pyrrole nitrogens is 1. The van der Waals surface area contributed by atoms with Gasteiger partial charge in [-0.25, -0.2) is 4.79 Å². The van der Waals surface area contributed by atoms with E-state index in [0.717, 1.165) is 34.0 Å². The van der Waals surface area contributed by atoms with E-state index in [1.807, 2.05) is 35.1 Å². The largest absolute Gasteiger partial charge is 0.493 e. The Hall–Kier alpha value is -3.79. The maximum absolute atomic E-state index is 13.7. The summed E-state index contributed by atoms with van der Waals surface area (Å²) >= 11 is 0. The van der Waals surface area contributed by atoms with E-state index < -0.39 is 0 Å². The molecule has 10 nitrogen and oxygen atoms in total. The molecule has 1 N–H and O–H groups in total. The van der Waals surface area contributed by atoms with Crippen molar-refractivity contribution in [3.8, 4) is 11.5 Å². The maximum atomic E-state index is 13.7. The number of nitrogens with one attached hydrogen (secondary N) is 1. The van der Waals surface area contributed by atoms with E-state index in [9.17, 15) is 14.9 Å². The van der Waals surface area contributed by atoms with Crippen molar-refractivity contribution in [2.24, 2.45) is 0 Å². The van der Waals surface area contributed by atoms with Crippen LogP contribution in [0, 0.1) is 10.1 Å². The number of urea groups is 1. The summed E-state index contributed by atoms with van der Waals surface area (Å²) in [7, 11) is 1.63. The fourth-order valence-electron chi connectivity index (χ4n) is 5.39. The average Bonchev–Trinajstić information content (AvgIpc) is 3.33. The number of methoxy groups -OCH3 is 1. The molecule has 0 saturated carbocycles. The number of carbonyl (C=O) groups excluding carboxylic acids is 1. The number of benzene rings is 2. The van der Waals surface area contributed by atoms with Crippen molar-refractivity contribution < 1.29 is 23.9 Å². The molecule has 1 aromatic heterocycles. The number of aromatic amines is 1. The number of morpholine rings is 1. The molecule has 3 heterocycles. The fraction of sp³-hybridized carbons (Fsp3) is 0.444. The second-order valence-electron chi connectivity index (χ2n) is 9.32. The van der Waals surface area contributed by atoms with Crippen molar-refractivity contribution in [3.05, 3.63) is 63.3 Å². The third-order valence-electron chi connectivity index (χ3n) is 7.26. The van der Waals surface area contributed by atoms with E-state index in [1.54, 1.807) is 19.2 Å². The molecule has 2 amide bonds. The number of amides is 2. The van der Waals surface area contributed by atoms with Crippen molar-refractivity contribution in [2.75, 3.05) is 46.6 Å². The van der Waals surface area contributed by atoms with Crippen LogP contribution in [0.15, 0.2) is 36.5 Å². The van der Waals surface area contributed by atoms with Gasteiger partial charge in [-0.05, 0) is 61.1 Å². The predicted octanol–water partition coefficient (Wildman–Crippen LogP) is 4.47. The Morgan fingerprint density at radius 2 is 2.00 bits per heavy atom. The van der Waals surface area contributed by atoms with E-state index in [4.69, 9.17) is 14.2 Å². The second-order valence-corrected chi connectivity index (χ2v) is 9.32. The van der Waals surface area contributed by atoms with E-state index >= 15 is 0 Å². The van der Waals surface area contributed by atoms with Crippen molar-refractivity contribution in [3.63, 3.8) is 0 Å². The molecule has 2 aliphatic rings. The van der Waals surface area contributed by atoms with Gasteiger partial charge < -0.3 is 29.0 Å². The van der Waals surface area contributed by atoms with Crippen LogP contribution in [-0.4, -0.2) is 72.3 Å². The number of fused-ring (bicyclic) bond motifs is 2. The third kappa shape index (κ3) is 4.93. The van der Waals surface area contributed by atoms with Crippen LogP contribution >= 0.6 is 0 Å². The van der Waals surface area contributed by atoms with Crippen molar-refractivity contribution in [2.45, 2.75) is 32.2 Å². The minimum Gasteiger partial charge on any atom is -0.493 e. The number of aromatic nitrogens is 1. The van der Waals surface area contributed by atoms with Gasteiger partial charge in [-0.2, -0.15) is 0 Å². The standard InChI is InChI=1S/C27H32N4O6/c1-3-37-26-16-22-18(14-25(26)35-2)8-9-30(27(32)29-10-12-36-13-11-29)24(22)7-4-19-17-28-23-6-5-20(31(33)34)15-21(19)23/h5-6,14-17,24,28H,3-4,7-13H2,1-2H3. The summed E-state index contributed by atoms with van der Waals surface area (Å²) in [6, 6.07) is 8.74. The first-order valence-corrected chi connectivity index (χ1v) is 12.7. The van der Waals surface area contributed by atoms with Crippen LogP contribution in [0.2, 0.25) is 0 Å². The molecular formula is C27H32N4O6. The first-order chi connectivity index (χ1) is 18.0. The molecule has 1 unspecified atom stereocenters. The fourth-order valence-corrected chi connectivity index (χ4v) is 5.39. The Labute approximate surface area is 215 Å². The zero-order valence-corrected chi connectivity index (χ0v) is 21.2. The van der Waals surface area contributed by atoms with E-state index in [1.165, 1.54) is 6.07 Å². The van der Waals surface area contributed by atoms with Gasteiger partial charge in [-0.15, -0.1) is 0 Å². The SMILES string of the molecule is CCOc1cc2c(cc1OC)CCN(C(=O)N1CCOCC1)C2CCc1c[nH]c2ccc([N+](=O)[O-])cc12. The quantitative estimate of drug-likeness (QED) is 0.373. The summed E-state index contributed by atoms with van der Waals surface area (Å²) in [6.45, 7) is 5.28. The minimum atomic E-state index is -0.376. The van der Waals surface area contributed by atoms with Crippen LogP contribution in [0.5, 0.6) is 11.5 Å². The Bertz CT molecular complexity index is 1300. The molecule has 0 aliphatic carbocycles. The molecule has 0 bridgehead atoms. The van der Waals surface area contributed by atoms with Gasteiger partial charge in [0, 0.05) is 48.9 Å². The van der Waals surface area contributed by atoms with E-state index in [0.29, 0.717) is 63.8 Å². The molecule has 3 aromatic rings. The number of carbonyl (C=O) groups is 1. The highest BCUT2D eigenvalue weighted by Crippen LogP contribution is 2.41. The molecular weight excluding hydrogens is 476 g/mol. The summed E-state index contributed by atoms with van der Waals surface area (Å²) in [5.41, 5.74) is 4.11. The lowest BCUT2D eigenvalue weighted by molar-refractivity contribution is -0.384. The Morgan fingerprint density at radius 1 is 1.19 bits per heavy atom. The molecule has 2 aliphatic heterocycles.